The second-order valence-electron chi connectivity index (χ2n) is 3.29. The van der Waals surface area contributed by atoms with E-state index in [1.165, 1.54) is 0 Å². The van der Waals surface area contributed by atoms with Crippen molar-refractivity contribution in [2.45, 2.75) is 13.8 Å². The summed E-state index contributed by atoms with van der Waals surface area (Å²) >= 11 is 6.02. The Hall–Kier alpha value is -1.28. The van der Waals surface area contributed by atoms with E-state index in [1.54, 1.807) is 0 Å². The lowest BCUT2D eigenvalue weighted by molar-refractivity contribution is 1.25. The number of benzene rings is 1. The molecule has 0 amide bonds. The number of aromatic amines is 1. The maximum absolute atomic E-state index is 6.02. The van der Waals surface area contributed by atoms with E-state index in [2.05, 4.69) is 16.2 Å². The first kappa shape index (κ1) is 9.28. The van der Waals surface area contributed by atoms with Gasteiger partial charge in [0, 0.05) is 16.3 Å². The van der Waals surface area contributed by atoms with Gasteiger partial charge in [-0.1, -0.05) is 23.7 Å². The van der Waals surface area contributed by atoms with E-state index in [0.29, 0.717) is 0 Å². The standard InChI is InChI=1S/C11H10ClN2/c1-7-3-4-9(5-10(7)12)11-13-6-8(2)14-11/h3-5H,1-2H3,(H,13,14). The Morgan fingerprint density at radius 3 is 2.71 bits per heavy atom. The molecule has 0 unspecified atom stereocenters. The first-order valence-corrected chi connectivity index (χ1v) is 4.75. The summed E-state index contributed by atoms with van der Waals surface area (Å²) in [5, 5.41) is 0.761. The van der Waals surface area contributed by atoms with Gasteiger partial charge in [-0.05, 0) is 25.5 Å². The minimum atomic E-state index is 0.761. The molecule has 71 valence electrons. The zero-order valence-electron chi connectivity index (χ0n) is 8.06. The second-order valence-corrected chi connectivity index (χ2v) is 3.69. The van der Waals surface area contributed by atoms with Gasteiger partial charge in [-0.2, -0.15) is 0 Å². The van der Waals surface area contributed by atoms with Crippen molar-refractivity contribution in [1.82, 2.24) is 9.97 Å². The lowest BCUT2D eigenvalue weighted by atomic mass is 10.1. The maximum Gasteiger partial charge on any atom is 0.138 e. The molecule has 2 rings (SSSR count). The van der Waals surface area contributed by atoms with Crippen molar-refractivity contribution in [2.24, 2.45) is 0 Å². The van der Waals surface area contributed by atoms with Crippen molar-refractivity contribution >= 4 is 11.6 Å². The number of aromatic nitrogens is 2. The predicted octanol–water partition coefficient (Wildman–Crippen LogP) is 3.15. The Bertz CT molecular complexity index is 460. The molecule has 0 bridgehead atoms. The summed E-state index contributed by atoms with van der Waals surface area (Å²) in [5.41, 5.74) is 2.99. The van der Waals surface area contributed by atoms with E-state index in [4.69, 9.17) is 11.6 Å². The van der Waals surface area contributed by atoms with Gasteiger partial charge in [-0.15, -0.1) is 0 Å². The molecule has 2 nitrogen and oxygen atoms in total. The fourth-order valence-corrected chi connectivity index (χ4v) is 1.43. The maximum atomic E-state index is 6.02. The van der Waals surface area contributed by atoms with Crippen LogP contribution in [0.15, 0.2) is 18.2 Å². The van der Waals surface area contributed by atoms with Crippen molar-refractivity contribution in [1.29, 1.82) is 0 Å². The smallest absolute Gasteiger partial charge is 0.138 e. The quantitative estimate of drug-likeness (QED) is 0.761. The van der Waals surface area contributed by atoms with Gasteiger partial charge in [0.1, 0.15) is 12.0 Å². The van der Waals surface area contributed by atoms with Gasteiger partial charge < -0.3 is 4.98 Å². The van der Waals surface area contributed by atoms with Crippen LogP contribution < -0.4 is 0 Å². The second kappa shape index (κ2) is 3.46. The zero-order valence-corrected chi connectivity index (χ0v) is 8.81. The normalized spacial score (nSPS) is 10.5. The van der Waals surface area contributed by atoms with E-state index in [-0.39, 0.29) is 0 Å². The van der Waals surface area contributed by atoms with Gasteiger partial charge in [0.05, 0.1) is 0 Å². The molecule has 0 aliphatic rings. The zero-order chi connectivity index (χ0) is 10.1. The molecule has 1 aromatic carbocycles. The fraction of sp³-hybridized carbons (Fsp3) is 0.182. The number of rotatable bonds is 1. The Morgan fingerprint density at radius 1 is 1.36 bits per heavy atom. The SMILES string of the molecule is Cc1[c]nc(-c2ccc(C)c(Cl)c2)[nH]1. The van der Waals surface area contributed by atoms with Crippen molar-refractivity contribution in [3.05, 3.63) is 40.7 Å². The lowest BCUT2D eigenvalue weighted by Gasteiger charge is -2.00. The highest BCUT2D eigenvalue weighted by Gasteiger charge is 2.03. The number of imidazole rings is 1. The molecule has 2 aromatic rings. The van der Waals surface area contributed by atoms with Crippen LogP contribution in [0.2, 0.25) is 5.02 Å². The van der Waals surface area contributed by atoms with Gasteiger partial charge in [0.2, 0.25) is 0 Å². The van der Waals surface area contributed by atoms with Gasteiger partial charge in [-0.3, -0.25) is 0 Å². The number of H-pyrrole nitrogens is 1. The van der Waals surface area contributed by atoms with Crippen molar-refractivity contribution in [2.75, 3.05) is 0 Å². The molecule has 3 heteroatoms. The minimum Gasteiger partial charge on any atom is -0.341 e. The Morgan fingerprint density at radius 2 is 2.14 bits per heavy atom. The molecule has 1 aromatic heterocycles. The van der Waals surface area contributed by atoms with E-state index >= 15 is 0 Å². The summed E-state index contributed by atoms with van der Waals surface area (Å²) < 4.78 is 0. The minimum absolute atomic E-state index is 0.761. The molecule has 1 N–H and O–H groups in total. The molecule has 1 radical (unpaired) electrons. The fourth-order valence-electron chi connectivity index (χ4n) is 1.25. The third kappa shape index (κ3) is 1.66. The molecule has 0 spiro atoms. The first-order chi connectivity index (χ1) is 6.66. The molecular weight excluding hydrogens is 196 g/mol. The summed E-state index contributed by atoms with van der Waals surface area (Å²) in [6.07, 6.45) is 2.85. The summed E-state index contributed by atoms with van der Waals surface area (Å²) in [6.45, 7) is 3.90. The van der Waals surface area contributed by atoms with Crippen molar-refractivity contribution in [3.8, 4) is 11.4 Å². The van der Waals surface area contributed by atoms with Crippen LogP contribution in [-0.4, -0.2) is 9.97 Å². The van der Waals surface area contributed by atoms with Gasteiger partial charge in [0.25, 0.3) is 0 Å². The average molecular weight is 206 g/mol. The van der Waals surface area contributed by atoms with Crippen LogP contribution in [0, 0.1) is 20.0 Å². The molecule has 1 heterocycles. The number of nitrogens with zero attached hydrogens (tertiary/aromatic N) is 1. The average Bonchev–Trinajstić information content (AvgIpc) is 2.57. The predicted molar refractivity (Wildman–Crippen MR) is 57.3 cm³/mol. The van der Waals surface area contributed by atoms with Crippen LogP contribution in [0.5, 0.6) is 0 Å². The van der Waals surface area contributed by atoms with Crippen molar-refractivity contribution in [3.63, 3.8) is 0 Å². The van der Waals surface area contributed by atoms with Gasteiger partial charge in [0.15, 0.2) is 0 Å². The highest BCUT2D eigenvalue weighted by molar-refractivity contribution is 6.31. The Balaban J connectivity index is 2.47. The van der Waals surface area contributed by atoms with Crippen LogP contribution in [0.3, 0.4) is 0 Å². The third-order valence-electron chi connectivity index (χ3n) is 2.09. The monoisotopic (exact) mass is 205 g/mol. The van der Waals surface area contributed by atoms with Crippen LogP contribution in [0.25, 0.3) is 11.4 Å². The highest BCUT2D eigenvalue weighted by atomic mass is 35.5. The molecule has 0 aliphatic carbocycles. The van der Waals surface area contributed by atoms with Crippen LogP contribution in [0.4, 0.5) is 0 Å². The molecule has 0 aliphatic heterocycles. The number of nitrogens with one attached hydrogen (secondary N) is 1. The third-order valence-corrected chi connectivity index (χ3v) is 2.49. The molecule has 0 saturated heterocycles. The van der Waals surface area contributed by atoms with Gasteiger partial charge in [-0.25, -0.2) is 4.98 Å². The van der Waals surface area contributed by atoms with Crippen molar-refractivity contribution < 1.29 is 0 Å². The molecule has 0 atom stereocenters. The summed E-state index contributed by atoms with van der Waals surface area (Å²) in [4.78, 5) is 7.23. The molecule has 0 fully saturated rings. The lowest BCUT2D eigenvalue weighted by Crippen LogP contribution is -1.82. The first-order valence-electron chi connectivity index (χ1n) is 4.37. The Kier molecular flexibility index (Phi) is 2.30. The van der Waals surface area contributed by atoms with Gasteiger partial charge >= 0.3 is 0 Å². The van der Waals surface area contributed by atoms with Crippen LogP contribution >= 0.6 is 11.6 Å². The summed E-state index contributed by atoms with van der Waals surface area (Å²) in [7, 11) is 0. The molecule has 14 heavy (non-hydrogen) atoms. The largest absolute Gasteiger partial charge is 0.341 e. The topological polar surface area (TPSA) is 28.7 Å². The van der Waals surface area contributed by atoms with E-state index in [0.717, 1.165) is 27.7 Å². The number of hydrogen-bond donors (Lipinski definition) is 1. The van der Waals surface area contributed by atoms with E-state index in [1.807, 2.05) is 32.0 Å². The highest BCUT2D eigenvalue weighted by Crippen LogP contribution is 2.22. The van der Waals surface area contributed by atoms with E-state index < -0.39 is 0 Å². The summed E-state index contributed by atoms with van der Waals surface area (Å²) in [6, 6.07) is 5.88. The van der Waals surface area contributed by atoms with Crippen LogP contribution in [0.1, 0.15) is 11.3 Å². The molecular formula is C11H10ClN2. The number of halogens is 1. The van der Waals surface area contributed by atoms with E-state index in [9.17, 15) is 0 Å². The van der Waals surface area contributed by atoms with Crippen LogP contribution in [-0.2, 0) is 0 Å². The number of aryl methyl sites for hydroxylation is 2. The Labute approximate surface area is 88.0 Å². The molecule has 0 saturated carbocycles. The number of hydrogen-bond acceptors (Lipinski definition) is 1. The summed E-state index contributed by atoms with van der Waals surface area (Å²) in [5.74, 6) is 0.810.